The van der Waals surface area contributed by atoms with Crippen molar-refractivity contribution in [1.82, 2.24) is 34.3 Å². The molecular formula is C106H151N9O8. The van der Waals surface area contributed by atoms with Gasteiger partial charge in [-0.1, -0.05) is 158 Å². The lowest BCUT2D eigenvalue weighted by Gasteiger charge is -2.59. The molecule has 1 spiro atoms. The van der Waals surface area contributed by atoms with E-state index in [1.165, 1.54) is 177 Å². The number of anilines is 1. The van der Waals surface area contributed by atoms with Crippen LogP contribution in [-0.2, 0) is 49.6 Å². The first-order valence-corrected chi connectivity index (χ1v) is 48.5. The average molecular weight is 1680 g/mol. The average Bonchev–Trinajstić information content (AvgIpc) is 1.52. The number of likely N-dealkylation sites (tertiary alicyclic amines) is 5. The summed E-state index contributed by atoms with van der Waals surface area (Å²) in [5.41, 5.74) is 17.0. The molecule has 6 aromatic carbocycles. The molecule has 2 unspecified atom stereocenters. The number of rotatable bonds is 25. The minimum Gasteiger partial charge on any atom is -0.508 e. The normalized spacial score (nSPS) is 26.6. The molecule has 18 rings (SSSR count). The molecule has 5 saturated heterocycles. The van der Waals surface area contributed by atoms with Crippen molar-refractivity contribution in [2.24, 2.45) is 35.3 Å². The fraction of sp³-hybridized carbons (Fsp3) is 0.623. The number of benzene rings is 6. The van der Waals surface area contributed by atoms with Gasteiger partial charge in [0.2, 0.25) is 11.8 Å². The van der Waals surface area contributed by atoms with Crippen LogP contribution in [0.25, 0.3) is 0 Å². The Morgan fingerprint density at radius 1 is 0.585 bits per heavy atom. The molecule has 5 N–H and O–H groups in total. The summed E-state index contributed by atoms with van der Waals surface area (Å²) in [6, 6.07) is 45.5. The summed E-state index contributed by atoms with van der Waals surface area (Å²) in [6.07, 6.45) is 35.2. The minimum atomic E-state index is -0.497. The number of carbonyl (C=O) groups excluding carboxylic acids is 4. The third-order valence-electron chi connectivity index (χ3n) is 32.5. The van der Waals surface area contributed by atoms with Crippen LogP contribution in [0.1, 0.15) is 275 Å². The predicted molar refractivity (Wildman–Crippen MR) is 498 cm³/mol. The van der Waals surface area contributed by atoms with Gasteiger partial charge >= 0.3 is 0 Å². The number of nitrogens with one attached hydrogen (secondary N) is 1. The summed E-state index contributed by atoms with van der Waals surface area (Å²) < 4.78 is 11.6. The Morgan fingerprint density at radius 2 is 1.21 bits per heavy atom. The van der Waals surface area contributed by atoms with E-state index in [1.54, 1.807) is 42.5 Å². The molecule has 6 aliphatic heterocycles. The number of ketones is 1. The van der Waals surface area contributed by atoms with Crippen LogP contribution in [-0.4, -0.2) is 206 Å². The van der Waals surface area contributed by atoms with Crippen molar-refractivity contribution in [1.29, 1.82) is 0 Å². The number of Topliss-reactive ketones (excluding diaryl/α,β-unsaturated/α-hetero) is 1. The molecule has 9 fully saturated rings. The number of primary amides is 1. The third-order valence-corrected chi connectivity index (χ3v) is 32.5. The first-order valence-electron chi connectivity index (χ1n) is 48.5. The van der Waals surface area contributed by atoms with E-state index in [-0.39, 0.29) is 57.5 Å². The van der Waals surface area contributed by atoms with E-state index >= 15 is 0 Å². The van der Waals surface area contributed by atoms with Crippen LogP contribution in [0.4, 0.5) is 5.69 Å². The summed E-state index contributed by atoms with van der Waals surface area (Å²) in [5, 5.41) is 23.5. The van der Waals surface area contributed by atoms with Crippen molar-refractivity contribution >= 4 is 29.2 Å². The van der Waals surface area contributed by atoms with Crippen LogP contribution in [0.15, 0.2) is 133 Å². The van der Waals surface area contributed by atoms with Gasteiger partial charge in [0.05, 0.1) is 29.5 Å². The second-order valence-corrected chi connectivity index (χ2v) is 39.7. The number of aromatic hydroxyl groups is 2. The molecule has 9 atom stereocenters. The molecule has 6 aliphatic carbocycles. The van der Waals surface area contributed by atoms with E-state index in [2.05, 4.69) is 132 Å². The highest BCUT2D eigenvalue weighted by atomic mass is 16.5. The molecule has 668 valence electrons. The van der Waals surface area contributed by atoms with Crippen molar-refractivity contribution in [3.05, 3.63) is 184 Å². The quantitative estimate of drug-likeness (QED) is 0.0396. The summed E-state index contributed by atoms with van der Waals surface area (Å²) in [6.45, 7) is 28.7. The molecule has 12 aliphatic rings. The Bertz CT molecular complexity index is 4490. The number of carbonyl (C=O) groups is 4. The zero-order valence-electron chi connectivity index (χ0n) is 76.8. The number of hydrogen-bond donors (Lipinski definition) is 4. The van der Waals surface area contributed by atoms with Gasteiger partial charge in [-0.2, -0.15) is 0 Å². The topological polar surface area (TPSA) is 188 Å². The molecular weight excluding hydrogens is 1530 g/mol. The lowest BCUT2D eigenvalue weighted by atomic mass is 9.52. The summed E-state index contributed by atoms with van der Waals surface area (Å²) in [5.74, 6) is 6.16. The van der Waals surface area contributed by atoms with Crippen LogP contribution in [0.3, 0.4) is 0 Å². The van der Waals surface area contributed by atoms with Crippen LogP contribution in [0, 0.1) is 29.6 Å². The van der Waals surface area contributed by atoms with Crippen LogP contribution < -0.4 is 20.5 Å². The van der Waals surface area contributed by atoms with E-state index in [9.17, 15) is 29.4 Å². The highest BCUT2D eigenvalue weighted by Gasteiger charge is 2.59. The number of nitrogens with two attached hydrogens (primary N) is 1. The monoisotopic (exact) mass is 1680 g/mol. The Hall–Kier alpha value is -7.80. The number of likely N-dealkylation sites (N-methyl/N-ethyl adjacent to an activating group) is 2. The number of piperidine rings is 5. The molecule has 17 heteroatoms. The summed E-state index contributed by atoms with van der Waals surface area (Å²) in [4.78, 5) is 67.6. The van der Waals surface area contributed by atoms with Crippen molar-refractivity contribution < 1.29 is 38.9 Å². The van der Waals surface area contributed by atoms with Gasteiger partial charge < -0.3 is 55.2 Å². The number of phenols is 2. The van der Waals surface area contributed by atoms with E-state index in [4.69, 9.17) is 15.2 Å². The second kappa shape index (κ2) is 40.9. The maximum Gasteiger partial charge on any atom is 0.252 e. The molecule has 123 heavy (non-hydrogen) atoms. The molecule has 4 saturated carbocycles. The first kappa shape index (κ1) is 91.4. The van der Waals surface area contributed by atoms with Gasteiger partial charge in [0.1, 0.15) is 29.1 Å². The molecule has 4 bridgehead atoms. The molecule has 6 aromatic rings. The smallest absolute Gasteiger partial charge is 0.252 e. The summed E-state index contributed by atoms with van der Waals surface area (Å²) >= 11 is 0. The third kappa shape index (κ3) is 19.7. The van der Waals surface area contributed by atoms with Gasteiger partial charge in [0.15, 0.2) is 5.78 Å². The molecule has 0 radical (unpaired) electrons. The van der Waals surface area contributed by atoms with E-state index < -0.39 is 5.41 Å². The van der Waals surface area contributed by atoms with E-state index in [0.717, 1.165) is 169 Å². The number of phenolic OH excluding ortho intramolecular Hbond substituents is 2. The Kier molecular flexibility index (Phi) is 30.4. The molecule has 3 amide bonds. The van der Waals surface area contributed by atoms with Gasteiger partial charge in [0.25, 0.3) is 5.91 Å². The van der Waals surface area contributed by atoms with Gasteiger partial charge in [-0.15, -0.1) is 0 Å². The fourth-order valence-corrected chi connectivity index (χ4v) is 24.3. The van der Waals surface area contributed by atoms with Crippen LogP contribution in [0.5, 0.6) is 23.0 Å². The zero-order chi connectivity index (χ0) is 86.6. The highest BCUT2D eigenvalue weighted by Crippen LogP contribution is 2.59. The Morgan fingerprint density at radius 3 is 1.84 bits per heavy atom. The lowest BCUT2D eigenvalue weighted by molar-refractivity contribution is -0.138. The number of fused-ring (bicyclic) bond motifs is 6. The number of amides is 3. The number of para-hydroxylation sites is 1. The van der Waals surface area contributed by atoms with Gasteiger partial charge in [0, 0.05) is 87.0 Å². The fourth-order valence-electron chi connectivity index (χ4n) is 24.3. The SMILES string of the molecule is CCCCCCN1CCC(C(=O)N(C)CC)(c2cccc(O)c2)CC1.CCCCCCN1CCC(C(=O)N(C)CC)(c2ccccc2)CC1.CN1CCC23c4cccc(C(N)=O)c4O[C@H]2CCC[C@H]3C1.COc1ccc(CNc2ccc3c(c2)[C@@]24CCCCC2[C@@H](C3)N(CC2CCC2)CC4)cc1.C[C@H]1[C@H]2C(=O)c3ccc(O)cc3[C@]1(C)CCN2CC1CC1. The molecule has 6 heterocycles. The first-order chi connectivity index (χ1) is 59.5. The van der Waals surface area contributed by atoms with E-state index in [0.29, 0.717) is 35.3 Å². The van der Waals surface area contributed by atoms with Crippen molar-refractivity contribution in [3.63, 3.8) is 0 Å². The van der Waals surface area contributed by atoms with Crippen molar-refractivity contribution in [3.8, 4) is 23.0 Å². The molecule has 0 aromatic heterocycles. The largest absolute Gasteiger partial charge is 0.508 e. The maximum atomic E-state index is 13.2. The number of methoxy groups -OCH3 is 1. The molecule has 17 nitrogen and oxygen atoms in total. The lowest BCUT2D eigenvalue weighted by Crippen LogP contribution is -2.61. The van der Waals surface area contributed by atoms with Crippen LogP contribution >= 0.6 is 0 Å². The number of nitrogens with zero attached hydrogens (tertiary/aromatic N) is 7. The Labute approximate surface area is 738 Å². The van der Waals surface area contributed by atoms with Gasteiger partial charge in [-0.3, -0.25) is 29.0 Å². The van der Waals surface area contributed by atoms with Crippen molar-refractivity contribution in [2.45, 2.75) is 273 Å². The van der Waals surface area contributed by atoms with Gasteiger partial charge in [-0.25, -0.2) is 0 Å². The Balaban J connectivity index is 0.000000126. The number of ether oxygens (including phenoxy) is 2. The van der Waals surface area contributed by atoms with E-state index in [1.807, 2.05) is 79.3 Å². The number of unbranched alkanes of at least 4 members (excludes halogenated alkanes) is 6. The van der Waals surface area contributed by atoms with Crippen LogP contribution in [0.2, 0.25) is 0 Å². The summed E-state index contributed by atoms with van der Waals surface area (Å²) in [7, 11) is 7.74. The zero-order valence-corrected chi connectivity index (χ0v) is 76.8. The highest BCUT2D eigenvalue weighted by molar-refractivity contribution is 6.04. The predicted octanol–water partition coefficient (Wildman–Crippen LogP) is 18.9. The second-order valence-electron chi connectivity index (χ2n) is 39.7. The van der Waals surface area contributed by atoms with Gasteiger partial charge in [-0.05, 0) is 331 Å². The number of hydrogen-bond acceptors (Lipinski definition) is 14. The minimum absolute atomic E-state index is 0.00665. The standard InChI is InChI=1S/C29H38N2O.C21H34N2O2.C21H34N2O.C18H23NO2.C17H22N2O2/c1-32-25-12-8-21(9-13-25)19-30-24-11-10-23-17-28-26-7-2-3-14-29(26,27(23)18-24)15-16-31(28)20-22-5-4-6-22;1-4-6-7-8-14-23-15-12-21(13-16-23,20(25)22(3)5-2)18-10-9-11-19(24)17-18;1-4-6-7-11-16-23-17-14-21(15-18-23,20(24)22(3)5-2)19-12-9-8-10-13-19;1-11-16-17(21)14-6-5-13(20)9-15(14)18(11,2)7-8-19(16)10-12-3-4-12;1-19-9-8-17-11(10-19)4-2-7-14(17)21-15-12(16(18)20)5-3-6-13(15)17/h8-13,18,22,26,28,30H,2-7,14-17,19-20H2,1H3;9-11,17,24H,4-8,12-16H2,1-3H3;8-10,12-13H,4-7,11,14-18H2,1-3H3;5-6,9,11-12,16,20H,3-4,7-8,10H2,1-2H3;3,5-6,11,14H,2,4,7-10H2,1H3,(H2,18,20)/t26?,28-,29-;;;11-,16-,18+;11-,14-,17?/m1..00/s1. The maximum absolute atomic E-state index is 13.2. The van der Waals surface area contributed by atoms with Crippen molar-refractivity contribution in [2.75, 3.05) is 125 Å².